The van der Waals surface area contributed by atoms with Gasteiger partial charge < -0.3 is 13.1 Å². The number of aliphatic hydroxyl groups is 2. The molecule has 0 aromatic carbocycles. The van der Waals surface area contributed by atoms with E-state index >= 15 is 0 Å². The Hall–Kier alpha value is 1.18. The molecule has 1 saturated carbocycles. The molecule has 1 aliphatic carbocycles. The number of rotatable bonds is 0. The van der Waals surface area contributed by atoms with Gasteiger partial charge in [0.25, 0.3) is 0 Å². The number of aliphatic hydroxyl groups excluding tert-OH is 2. The van der Waals surface area contributed by atoms with Gasteiger partial charge in [-0.15, -0.1) is 0 Å². The summed E-state index contributed by atoms with van der Waals surface area (Å²) < 4.78 is 0. The maximum atomic E-state index is 8.93. The molecule has 2 nitrogen and oxygen atoms in total. The standard InChI is InChI=1S/C6H12O2.Ca.2H/c7-5-3-1-2-4-6(5)8;;;/h5-8H,1-4H2;;;/q;+2;2*-1. The molecule has 0 aromatic rings. The van der Waals surface area contributed by atoms with Crippen molar-refractivity contribution in [3.05, 3.63) is 0 Å². The van der Waals surface area contributed by atoms with Gasteiger partial charge in [-0.2, -0.15) is 0 Å². The molecule has 0 bridgehead atoms. The van der Waals surface area contributed by atoms with Crippen LogP contribution in [0.1, 0.15) is 28.5 Å². The Bertz CT molecular complexity index is 75.0. The smallest absolute Gasteiger partial charge is 1.00 e. The van der Waals surface area contributed by atoms with Crippen LogP contribution in [-0.4, -0.2) is 60.2 Å². The number of hydrogen-bond acceptors (Lipinski definition) is 2. The Kier molecular flexibility index (Phi) is 5.56. The molecule has 1 aliphatic rings. The topological polar surface area (TPSA) is 40.5 Å². The van der Waals surface area contributed by atoms with Gasteiger partial charge >= 0.3 is 37.7 Å². The molecule has 0 saturated heterocycles. The molecule has 2 unspecified atom stereocenters. The van der Waals surface area contributed by atoms with Crippen molar-refractivity contribution >= 4 is 37.7 Å². The third-order valence-electron chi connectivity index (χ3n) is 1.69. The van der Waals surface area contributed by atoms with E-state index in [-0.39, 0.29) is 40.6 Å². The monoisotopic (exact) mass is 158 g/mol. The zero-order valence-electron chi connectivity index (χ0n) is 7.58. The minimum atomic E-state index is -0.441. The summed E-state index contributed by atoms with van der Waals surface area (Å²) in [5.41, 5.74) is 0. The second-order valence-corrected chi connectivity index (χ2v) is 2.42. The van der Waals surface area contributed by atoms with Crippen LogP contribution >= 0.6 is 0 Å². The molecule has 0 heterocycles. The van der Waals surface area contributed by atoms with Crippen LogP contribution in [0.5, 0.6) is 0 Å². The molecule has 0 amide bonds. The normalized spacial score (nSPS) is 35.3. The molecule has 0 spiro atoms. The van der Waals surface area contributed by atoms with Crippen molar-refractivity contribution in [2.75, 3.05) is 0 Å². The first-order chi connectivity index (χ1) is 3.80. The van der Waals surface area contributed by atoms with Crippen LogP contribution in [0.3, 0.4) is 0 Å². The summed E-state index contributed by atoms with van der Waals surface area (Å²) in [5.74, 6) is 0. The van der Waals surface area contributed by atoms with Crippen LogP contribution < -0.4 is 0 Å². The predicted molar refractivity (Wildman–Crippen MR) is 38.5 cm³/mol. The van der Waals surface area contributed by atoms with Gasteiger partial charge in [-0.3, -0.25) is 0 Å². The fourth-order valence-electron chi connectivity index (χ4n) is 1.09. The van der Waals surface area contributed by atoms with Crippen molar-refractivity contribution in [3.63, 3.8) is 0 Å². The third-order valence-corrected chi connectivity index (χ3v) is 1.69. The van der Waals surface area contributed by atoms with Crippen molar-refractivity contribution < 1.29 is 13.1 Å². The van der Waals surface area contributed by atoms with E-state index in [9.17, 15) is 0 Å². The summed E-state index contributed by atoms with van der Waals surface area (Å²) in [6.45, 7) is 0. The molecule has 0 radical (unpaired) electrons. The molecular weight excluding hydrogens is 144 g/mol. The van der Waals surface area contributed by atoms with Crippen molar-refractivity contribution in [2.45, 2.75) is 37.9 Å². The van der Waals surface area contributed by atoms with Crippen LogP contribution in [0.25, 0.3) is 0 Å². The summed E-state index contributed by atoms with van der Waals surface area (Å²) in [6.07, 6.45) is 2.81. The molecule has 2 N–H and O–H groups in total. The zero-order valence-corrected chi connectivity index (χ0v) is 7.79. The first kappa shape index (κ1) is 10.2. The maximum absolute atomic E-state index is 8.93. The van der Waals surface area contributed by atoms with Gasteiger partial charge in [0.2, 0.25) is 0 Å². The van der Waals surface area contributed by atoms with Gasteiger partial charge in [-0.25, -0.2) is 0 Å². The first-order valence-electron chi connectivity index (χ1n) is 3.17. The van der Waals surface area contributed by atoms with Crippen LogP contribution in [0.4, 0.5) is 0 Å². The van der Waals surface area contributed by atoms with Crippen LogP contribution in [0.2, 0.25) is 0 Å². The second kappa shape index (κ2) is 4.91. The fraction of sp³-hybridized carbons (Fsp3) is 1.00. The van der Waals surface area contributed by atoms with Gasteiger partial charge in [0.1, 0.15) is 0 Å². The molecular formula is C6H14CaO2. The molecule has 1 fully saturated rings. The molecule has 0 aliphatic heterocycles. The van der Waals surface area contributed by atoms with Gasteiger partial charge in [0, 0.05) is 0 Å². The minimum absolute atomic E-state index is 0. The van der Waals surface area contributed by atoms with Crippen molar-refractivity contribution in [1.82, 2.24) is 0 Å². The Labute approximate surface area is 88.2 Å². The molecule has 0 aromatic heterocycles. The van der Waals surface area contributed by atoms with Crippen molar-refractivity contribution in [1.29, 1.82) is 0 Å². The SMILES string of the molecule is OC1CCCCC1O.[Ca+2].[H-].[H-]. The first-order valence-corrected chi connectivity index (χ1v) is 3.17. The van der Waals surface area contributed by atoms with Crippen molar-refractivity contribution in [3.8, 4) is 0 Å². The molecule has 52 valence electrons. The van der Waals surface area contributed by atoms with E-state index < -0.39 is 12.2 Å². The Morgan fingerprint density at radius 1 is 1.00 bits per heavy atom. The largest absolute Gasteiger partial charge is 2.00 e. The maximum Gasteiger partial charge on any atom is 2.00 e. The van der Waals surface area contributed by atoms with E-state index in [1.807, 2.05) is 0 Å². The average Bonchev–Trinajstić information content (AvgIpc) is 1.77. The van der Waals surface area contributed by atoms with Crippen LogP contribution in [-0.2, 0) is 0 Å². The van der Waals surface area contributed by atoms with Gasteiger partial charge in [-0.05, 0) is 12.8 Å². The Morgan fingerprint density at radius 2 is 1.33 bits per heavy atom. The summed E-state index contributed by atoms with van der Waals surface area (Å²) in [4.78, 5) is 0. The van der Waals surface area contributed by atoms with E-state index in [4.69, 9.17) is 10.2 Å². The summed E-state index contributed by atoms with van der Waals surface area (Å²) in [6, 6.07) is 0. The summed E-state index contributed by atoms with van der Waals surface area (Å²) >= 11 is 0. The van der Waals surface area contributed by atoms with Crippen LogP contribution in [0.15, 0.2) is 0 Å². The minimum Gasteiger partial charge on any atom is -1.00 e. The van der Waals surface area contributed by atoms with E-state index in [2.05, 4.69) is 0 Å². The second-order valence-electron chi connectivity index (χ2n) is 2.42. The third kappa shape index (κ3) is 3.19. The average molecular weight is 158 g/mol. The fourth-order valence-corrected chi connectivity index (χ4v) is 1.09. The molecule has 9 heavy (non-hydrogen) atoms. The van der Waals surface area contributed by atoms with Crippen molar-refractivity contribution in [2.24, 2.45) is 0 Å². The van der Waals surface area contributed by atoms with E-state index in [0.717, 1.165) is 25.7 Å². The molecule has 2 atom stereocenters. The summed E-state index contributed by atoms with van der Waals surface area (Å²) in [7, 11) is 0. The summed E-state index contributed by atoms with van der Waals surface area (Å²) in [5, 5.41) is 17.9. The van der Waals surface area contributed by atoms with E-state index in [0.29, 0.717) is 0 Å². The Morgan fingerprint density at radius 3 is 1.56 bits per heavy atom. The van der Waals surface area contributed by atoms with E-state index in [1.54, 1.807) is 0 Å². The number of hydrogen-bond donors (Lipinski definition) is 2. The van der Waals surface area contributed by atoms with Gasteiger partial charge in [0.15, 0.2) is 0 Å². The predicted octanol–water partition coefficient (Wildman–Crippen LogP) is 0.126. The van der Waals surface area contributed by atoms with Gasteiger partial charge in [-0.1, -0.05) is 12.8 Å². The zero-order chi connectivity index (χ0) is 5.98. The molecule has 3 heteroatoms. The van der Waals surface area contributed by atoms with E-state index in [1.165, 1.54) is 0 Å². The van der Waals surface area contributed by atoms with Gasteiger partial charge in [0.05, 0.1) is 12.2 Å². The Balaban J connectivity index is -0.000000213. The molecule has 1 rings (SSSR count). The quantitative estimate of drug-likeness (QED) is 0.492. The van der Waals surface area contributed by atoms with Crippen LogP contribution in [0, 0.1) is 0 Å².